The van der Waals surface area contributed by atoms with E-state index in [9.17, 15) is 0 Å². The highest BCUT2D eigenvalue weighted by molar-refractivity contribution is 5.66. The standard InChI is InChI=1S/C17H20N4/c1-2-10-20-15-12-17(14-19-13-15)21(11-6-9-18)16-7-4-3-5-8-16/h3-5,7-8,12-14,20H,2,6,10-11H2,1H3. The fourth-order valence-electron chi connectivity index (χ4n) is 2.12. The third-order valence-corrected chi connectivity index (χ3v) is 3.13. The van der Waals surface area contributed by atoms with Gasteiger partial charge in [-0.25, -0.2) is 0 Å². The maximum atomic E-state index is 8.88. The van der Waals surface area contributed by atoms with Gasteiger partial charge < -0.3 is 10.2 Å². The van der Waals surface area contributed by atoms with Crippen LogP contribution in [0.4, 0.5) is 17.1 Å². The SMILES string of the molecule is CCCNc1cncc(N(CCC#N)c2ccccc2)c1. The Morgan fingerprint density at radius 3 is 2.71 bits per heavy atom. The number of nitrogens with zero attached hydrogens (tertiary/aromatic N) is 3. The number of hydrogen-bond acceptors (Lipinski definition) is 4. The smallest absolute Gasteiger partial charge is 0.0640 e. The second-order valence-corrected chi connectivity index (χ2v) is 4.75. The molecule has 0 saturated heterocycles. The minimum Gasteiger partial charge on any atom is -0.384 e. The fourth-order valence-corrected chi connectivity index (χ4v) is 2.12. The zero-order valence-corrected chi connectivity index (χ0v) is 12.3. The molecule has 108 valence electrons. The first-order valence-electron chi connectivity index (χ1n) is 7.23. The molecule has 0 atom stereocenters. The average Bonchev–Trinajstić information content (AvgIpc) is 2.55. The zero-order chi connectivity index (χ0) is 14.9. The highest BCUT2D eigenvalue weighted by Gasteiger charge is 2.09. The van der Waals surface area contributed by atoms with E-state index < -0.39 is 0 Å². The Labute approximate surface area is 126 Å². The first kappa shape index (κ1) is 14.9. The Morgan fingerprint density at radius 2 is 2.00 bits per heavy atom. The highest BCUT2D eigenvalue weighted by atomic mass is 15.1. The lowest BCUT2D eigenvalue weighted by molar-refractivity contribution is 0.941. The number of aromatic nitrogens is 1. The molecule has 1 heterocycles. The van der Waals surface area contributed by atoms with Gasteiger partial charge in [0, 0.05) is 18.8 Å². The van der Waals surface area contributed by atoms with Gasteiger partial charge in [-0.3, -0.25) is 4.98 Å². The molecule has 0 aliphatic heterocycles. The first-order chi connectivity index (χ1) is 10.3. The molecule has 0 saturated carbocycles. The van der Waals surface area contributed by atoms with Crippen molar-refractivity contribution >= 4 is 17.1 Å². The Hall–Kier alpha value is -2.54. The van der Waals surface area contributed by atoms with Gasteiger partial charge >= 0.3 is 0 Å². The van der Waals surface area contributed by atoms with E-state index in [2.05, 4.69) is 34.3 Å². The Balaban J connectivity index is 2.26. The summed E-state index contributed by atoms with van der Waals surface area (Å²) < 4.78 is 0. The summed E-state index contributed by atoms with van der Waals surface area (Å²) in [5.41, 5.74) is 3.08. The molecule has 0 bridgehead atoms. The third kappa shape index (κ3) is 4.22. The number of nitriles is 1. The minimum absolute atomic E-state index is 0.474. The maximum Gasteiger partial charge on any atom is 0.0640 e. The van der Waals surface area contributed by atoms with Crippen LogP contribution in [0.5, 0.6) is 0 Å². The molecule has 0 unspecified atom stereocenters. The van der Waals surface area contributed by atoms with E-state index in [1.165, 1.54) is 0 Å². The van der Waals surface area contributed by atoms with Gasteiger partial charge in [-0.2, -0.15) is 5.26 Å². The fraction of sp³-hybridized carbons (Fsp3) is 0.294. The van der Waals surface area contributed by atoms with Crippen molar-refractivity contribution in [1.82, 2.24) is 4.98 Å². The molecule has 4 nitrogen and oxygen atoms in total. The summed E-state index contributed by atoms with van der Waals surface area (Å²) in [4.78, 5) is 6.42. The normalized spacial score (nSPS) is 9.90. The summed E-state index contributed by atoms with van der Waals surface area (Å²) in [5.74, 6) is 0. The van der Waals surface area contributed by atoms with Gasteiger partial charge in [-0.15, -0.1) is 0 Å². The van der Waals surface area contributed by atoms with E-state index in [0.29, 0.717) is 13.0 Å². The van der Waals surface area contributed by atoms with Gasteiger partial charge in [0.05, 0.1) is 36.3 Å². The van der Waals surface area contributed by atoms with Crippen molar-refractivity contribution in [2.45, 2.75) is 19.8 Å². The van der Waals surface area contributed by atoms with Crippen LogP contribution < -0.4 is 10.2 Å². The van der Waals surface area contributed by atoms with Gasteiger partial charge in [0.1, 0.15) is 0 Å². The second-order valence-electron chi connectivity index (χ2n) is 4.75. The molecular formula is C17H20N4. The van der Waals surface area contributed by atoms with Crippen molar-refractivity contribution in [1.29, 1.82) is 5.26 Å². The van der Waals surface area contributed by atoms with Crippen LogP contribution in [-0.4, -0.2) is 18.1 Å². The summed E-state index contributed by atoms with van der Waals surface area (Å²) in [5, 5.41) is 12.2. The van der Waals surface area contributed by atoms with Crippen LogP contribution in [-0.2, 0) is 0 Å². The first-order valence-corrected chi connectivity index (χ1v) is 7.23. The van der Waals surface area contributed by atoms with Crippen LogP contribution in [0.15, 0.2) is 48.8 Å². The highest BCUT2D eigenvalue weighted by Crippen LogP contribution is 2.26. The molecule has 0 spiro atoms. The Bertz CT molecular complexity index is 589. The van der Waals surface area contributed by atoms with E-state index in [4.69, 9.17) is 5.26 Å². The monoisotopic (exact) mass is 280 g/mol. The van der Waals surface area contributed by atoms with Crippen LogP contribution in [0.1, 0.15) is 19.8 Å². The summed E-state index contributed by atoms with van der Waals surface area (Å²) in [6, 6.07) is 14.4. The van der Waals surface area contributed by atoms with Crippen molar-refractivity contribution in [3.63, 3.8) is 0 Å². The molecule has 1 aromatic heterocycles. The molecule has 0 fully saturated rings. The number of para-hydroxylation sites is 1. The molecule has 2 rings (SSSR count). The van der Waals surface area contributed by atoms with E-state index in [1.807, 2.05) is 42.7 Å². The second kappa shape index (κ2) is 7.91. The maximum absolute atomic E-state index is 8.88. The van der Waals surface area contributed by atoms with Gasteiger partial charge in [-0.1, -0.05) is 25.1 Å². The Morgan fingerprint density at radius 1 is 1.19 bits per heavy atom. The molecule has 2 aromatic rings. The van der Waals surface area contributed by atoms with Crippen molar-refractivity contribution in [2.75, 3.05) is 23.3 Å². The molecule has 0 amide bonds. The molecule has 0 aliphatic rings. The van der Waals surface area contributed by atoms with Crippen molar-refractivity contribution in [2.24, 2.45) is 0 Å². The molecular weight excluding hydrogens is 260 g/mol. The van der Waals surface area contributed by atoms with Crippen molar-refractivity contribution in [3.8, 4) is 6.07 Å². The van der Waals surface area contributed by atoms with Crippen LogP contribution in [0, 0.1) is 11.3 Å². The van der Waals surface area contributed by atoms with Crippen molar-refractivity contribution in [3.05, 3.63) is 48.8 Å². The van der Waals surface area contributed by atoms with Crippen molar-refractivity contribution < 1.29 is 0 Å². The number of hydrogen-bond donors (Lipinski definition) is 1. The molecule has 0 aliphatic carbocycles. The Kier molecular flexibility index (Phi) is 5.60. The molecule has 21 heavy (non-hydrogen) atoms. The number of pyridine rings is 1. The summed E-state index contributed by atoms with van der Waals surface area (Å²) >= 11 is 0. The number of anilines is 3. The van der Waals surface area contributed by atoms with Crippen LogP contribution in [0.2, 0.25) is 0 Å². The van der Waals surface area contributed by atoms with Gasteiger partial charge in [0.15, 0.2) is 0 Å². The van der Waals surface area contributed by atoms with Gasteiger partial charge in [-0.05, 0) is 24.6 Å². The molecule has 1 aromatic carbocycles. The number of rotatable bonds is 7. The largest absolute Gasteiger partial charge is 0.384 e. The lowest BCUT2D eigenvalue weighted by Gasteiger charge is -2.24. The lowest BCUT2D eigenvalue weighted by atomic mass is 10.2. The molecule has 1 N–H and O–H groups in total. The predicted octanol–water partition coefficient (Wildman–Crippen LogP) is 3.96. The molecule has 0 radical (unpaired) electrons. The quantitative estimate of drug-likeness (QED) is 0.834. The van der Waals surface area contributed by atoms with E-state index in [-0.39, 0.29) is 0 Å². The molecule has 4 heteroatoms. The predicted molar refractivity (Wildman–Crippen MR) is 86.7 cm³/mol. The average molecular weight is 280 g/mol. The minimum atomic E-state index is 0.474. The van der Waals surface area contributed by atoms with Gasteiger partial charge in [0.25, 0.3) is 0 Å². The summed E-state index contributed by atoms with van der Waals surface area (Å²) in [6.07, 6.45) is 5.21. The van der Waals surface area contributed by atoms with Crippen LogP contribution >= 0.6 is 0 Å². The van der Waals surface area contributed by atoms with E-state index >= 15 is 0 Å². The lowest BCUT2D eigenvalue weighted by Crippen LogP contribution is -2.18. The third-order valence-electron chi connectivity index (χ3n) is 3.13. The number of benzene rings is 1. The van der Waals surface area contributed by atoms with E-state index in [0.717, 1.165) is 30.0 Å². The summed E-state index contributed by atoms with van der Waals surface area (Å²) in [7, 11) is 0. The van der Waals surface area contributed by atoms with Crippen LogP contribution in [0.3, 0.4) is 0 Å². The zero-order valence-electron chi connectivity index (χ0n) is 12.3. The number of nitrogens with one attached hydrogen (secondary N) is 1. The van der Waals surface area contributed by atoms with Crippen LogP contribution in [0.25, 0.3) is 0 Å². The topological polar surface area (TPSA) is 52.0 Å². The van der Waals surface area contributed by atoms with Gasteiger partial charge in [0.2, 0.25) is 0 Å². The van der Waals surface area contributed by atoms with E-state index in [1.54, 1.807) is 0 Å². The summed E-state index contributed by atoms with van der Waals surface area (Å²) in [6.45, 7) is 3.71.